The Bertz CT molecular complexity index is 493. The Hall–Kier alpha value is -1.36. The zero-order chi connectivity index (χ0) is 15.4. The van der Waals surface area contributed by atoms with Crippen LogP contribution in [-0.4, -0.2) is 28.5 Å². The number of carbonyl (C=O) groups excluding carboxylic acids is 1. The van der Waals surface area contributed by atoms with Crippen molar-refractivity contribution in [3.63, 3.8) is 0 Å². The van der Waals surface area contributed by atoms with Crippen molar-refractivity contribution in [2.75, 3.05) is 13.1 Å². The fraction of sp³-hybridized carbons (Fsp3) is 0.750. The van der Waals surface area contributed by atoms with E-state index in [4.69, 9.17) is 4.98 Å². The second-order valence-electron chi connectivity index (χ2n) is 6.28. The van der Waals surface area contributed by atoms with Crippen LogP contribution in [0.5, 0.6) is 0 Å². The molecule has 5 heteroatoms. The van der Waals surface area contributed by atoms with Gasteiger partial charge in [0.05, 0.1) is 5.69 Å². The highest BCUT2D eigenvalue weighted by molar-refractivity contribution is 5.80. The van der Waals surface area contributed by atoms with Crippen molar-refractivity contribution in [2.45, 2.75) is 59.5 Å². The second-order valence-corrected chi connectivity index (χ2v) is 6.28. The third-order valence-electron chi connectivity index (χ3n) is 3.90. The van der Waals surface area contributed by atoms with Crippen molar-refractivity contribution in [2.24, 2.45) is 5.92 Å². The quantitative estimate of drug-likeness (QED) is 0.841. The number of rotatable bonds is 6. The van der Waals surface area contributed by atoms with E-state index in [-0.39, 0.29) is 11.9 Å². The van der Waals surface area contributed by atoms with Crippen LogP contribution >= 0.6 is 0 Å². The predicted molar refractivity (Wildman–Crippen MR) is 84.2 cm³/mol. The van der Waals surface area contributed by atoms with E-state index in [2.05, 4.69) is 36.0 Å². The van der Waals surface area contributed by atoms with Gasteiger partial charge in [-0.1, -0.05) is 20.8 Å². The molecule has 1 atom stereocenters. The van der Waals surface area contributed by atoms with Crippen LogP contribution in [0.15, 0.2) is 0 Å². The Morgan fingerprint density at radius 1 is 1.43 bits per heavy atom. The van der Waals surface area contributed by atoms with Gasteiger partial charge in [-0.15, -0.1) is 0 Å². The van der Waals surface area contributed by atoms with Gasteiger partial charge in [0.15, 0.2) is 0 Å². The number of fused-ring (bicyclic) bond motifs is 1. The molecular formula is C16H28N4O. The van der Waals surface area contributed by atoms with E-state index in [0.29, 0.717) is 5.92 Å². The Morgan fingerprint density at radius 2 is 2.19 bits per heavy atom. The molecule has 2 heterocycles. The fourth-order valence-corrected chi connectivity index (χ4v) is 2.87. The van der Waals surface area contributed by atoms with Crippen molar-refractivity contribution in [1.29, 1.82) is 0 Å². The van der Waals surface area contributed by atoms with Crippen LogP contribution in [0.4, 0.5) is 0 Å². The number of carbonyl (C=O) groups is 1. The summed E-state index contributed by atoms with van der Waals surface area (Å²) in [5.74, 6) is 1.69. The molecular weight excluding hydrogens is 264 g/mol. The third kappa shape index (κ3) is 3.64. The summed E-state index contributed by atoms with van der Waals surface area (Å²) < 4.78 is 2.18. The summed E-state index contributed by atoms with van der Waals surface area (Å²) in [6, 6.07) is -0.181. The van der Waals surface area contributed by atoms with E-state index < -0.39 is 0 Å². The molecule has 1 aliphatic rings. The first-order chi connectivity index (χ1) is 10.0. The Balaban J connectivity index is 2.30. The van der Waals surface area contributed by atoms with Crippen LogP contribution < -0.4 is 10.6 Å². The molecule has 0 saturated carbocycles. The minimum absolute atomic E-state index is 0.0978. The van der Waals surface area contributed by atoms with Crippen molar-refractivity contribution in [3.8, 4) is 0 Å². The molecule has 2 N–H and O–H groups in total. The van der Waals surface area contributed by atoms with E-state index in [1.54, 1.807) is 0 Å². The molecule has 118 valence electrons. The molecule has 0 saturated heterocycles. The molecule has 0 aliphatic carbocycles. The average molecular weight is 292 g/mol. The van der Waals surface area contributed by atoms with Gasteiger partial charge < -0.3 is 15.2 Å². The standard InChI is InChI=1S/C16H28N4O/c1-5-7-18-16(21)12(4)20-14-6-8-17-10-13(14)19-15(20)9-11(2)3/h11-12,17H,5-10H2,1-4H3,(H,18,21). The number of amides is 1. The maximum atomic E-state index is 12.3. The molecule has 2 rings (SSSR count). The Kier molecular flexibility index (Phi) is 5.39. The summed E-state index contributed by atoms with van der Waals surface area (Å²) in [6.07, 6.45) is 2.83. The molecule has 0 bridgehead atoms. The molecule has 5 nitrogen and oxygen atoms in total. The number of nitrogens with zero attached hydrogens (tertiary/aromatic N) is 2. The zero-order valence-corrected chi connectivity index (χ0v) is 13.7. The Morgan fingerprint density at radius 3 is 2.86 bits per heavy atom. The van der Waals surface area contributed by atoms with Crippen molar-refractivity contribution >= 4 is 5.91 Å². The van der Waals surface area contributed by atoms with Gasteiger partial charge in [-0.3, -0.25) is 4.79 Å². The van der Waals surface area contributed by atoms with Gasteiger partial charge in [-0.05, 0) is 19.3 Å². The van der Waals surface area contributed by atoms with E-state index in [1.165, 1.54) is 5.69 Å². The lowest BCUT2D eigenvalue weighted by Crippen LogP contribution is -2.34. The molecule has 0 aromatic carbocycles. The van der Waals surface area contributed by atoms with Crippen LogP contribution in [0, 0.1) is 5.92 Å². The van der Waals surface area contributed by atoms with E-state index in [0.717, 1.165) is 50.4 Å². The molecule has 1 unspecified atom stereocenters. The van der Waals surface area contributed by atoms with Gasteiger partial charge in [-0.25, -0.2) is 4.98 Å². The minimum atomic E-state index is -0.181. The number of hydrogen-bond acceptors (Lipinski definition) is 3. The van der Waals surface area contributed by atoms with Crippen molar-refractivity contribution < 1.29 is 4.79 Å². The van der Waals surface area contributed by atoms with E-state index in [1.807, 2.05) is 6.92 Å². The van der Waals surface area contributed by atoms with Crippen LogP contribution in [-0.2, 0) is 24.2 Å². The molecule has 1 aliphatic heterocycles. The van der Waals surface area contributed by atoms with Gasteiger partial charge in [0.25, 0.3) is 0 Å². The van der Waals surface area contributed by atoms with Crippen molar-refractivity contribution in [1.82, 2.24) is 20.2 Å². The third-order valence-corrected chi connectivity index (χ3v) is 3.90. The van der Waals surface area contributed by atoms with Gasteiger partial charge in [-0.2, -0.15) is 0 Å². The smallest absolute Gasteiger partial charge is 0.242 e. The first-order valence-electron chi connectivity index (χ1n) is 8.11. The zero-order valence-electron chi connectivity index (χ0n) is 13.7. The van der Waals surface area contributed by atoms with Crippen molar-refractivity contribution in [3.05, 3.63) is 17.2 Å². The van der Waals surface area contributed by atoms with E-state index >= 15 is 0 Å². The molecule has 1 amide bonds. The molecule has 0 spiro atoms. The average Bonchev–Trinajstić information content (AvgIpc) is 2.80. The SMILES string of the molecule is CCCNC(=O)C(C)n1c(CC(C)C)nc2c1CCNC2. The molecule has 0 radical (unpaired) electrons. The van der Waals surface area contributed by atoms with Crippen LogP contribution in [0.2, 0.25) is 0 Å². The molecule has 0 fully saturated rings. The van der Waals surface area contributed by atoms with Gasteiger partial charge in [0.1, 0.15) is 11.9 Å². The first-order valence-corrected chi connectivity index (χ1v) is 8.11. The monoisotopic (exact) mass is 292 g/mol. The summed E-state index contributed by atoms with van der Waals surface area (Å²) in [6.45, 7) is 11.0. The number of nitrogens with one attached hydrogen (secondary N) is 2. The first kappa shape index (κ1) is 16.0. The summed E-state index contributed by atoms with van der Waals surface area (Å²) >= 11 is 0. The highest BCUT2D eigenvalue weighted by atomic mass is 16.2. The van der Waals surface area contributed by atoms with Crippen LogP contribution in [0.25, 0.3) is 0 Å². The van der Waals surface area contributed by atoms with Crippen LogP contribution in [0.3, 0.4) is 0 Å². The van der Waals surface area contributed by atoms with Crippen LogP contribution in [0.1, 0.15) is 57.4 Å². The number of imidazole rings is 1. The fourth-order valence-electron chi connectivity index (χ4n) is 2.87. The Labute approximate surface area is 127 Å². The topological polar surface area (TPSA) is 59.0 Å². The minimum Gasteiger partial charge on any atom is -0.354 e. The molecule has 1 aromatic heterocycles. The summed E-state index contributed by atoms with van der Waals surface area (Å²) in [7, 11) is 0. The summed E-state index contributed by atoms with van der Waals surface area (Å²) in [5, 5.41) is 6.37. The second kappa shape index (κ2) is 7.07. The predicted octanol–water partition coefficient (Wildman–Crippen LogP) is 1.81. The lowest BCUT2D eigenvalue weighted by Gasteiger charge is -2.22. The highest BCUT2D eigenvalue weighted by Crippen LogP contribution is 2.23. The maximum absolute atomic E-state index is 12.3. The lowest BCUT2D eigenvalue weighted by molar-refractivity contribution is -0.123. The lowest BCUT2D eigenvalue weighted by atomic mass is 10.1. The summed E-state index contributed by atoms with van der Waals surface area (Å²) in [5.41, 5.74) is 2.36. The number of hydrogen-bond donors (Lipinski definition) is 2. The van der Waals surface area contributed by atoms with E-state index in [9.17, 15) is 4.79 Å². The largest absolute Gasteiger partial charge is 0.354 e. The molecule has 21 heavy (non-hydrogen) atoms. The maximum Gasteiger partial charge on any atom is 0.242 e. The number of aromatic nitrogens is 2. The van der Waals surface area contributed by atoms with Gasteiger partial charge in [0.2, 0.25) is 5.91 Å². The van der Waals surface area contributed by atoms with Gasteiger partial charge in [0, 0.05) is 38.2 Å². The highest BCUT2D eigenvalue weighted by Gasteiger charge is 2.26. The molecule has 1 aromatic rings. The normalized spacial score (nSPS) is 15.9. The summed E-state index contributed by atoms with van der Waals surface area (Å²) in [4.78, 5) is 17.1. The van der Waals surface area contributed by atoms with Gasteiger partial charge >= 0.3 is 0 Å².